The number of nitrogens with zero attached hydrogens (tertiary/aromatic N) is 1. The zero-order valence-electron chi connectivity index (χ0n) is 10.6. The largest absolute Gasteiger partial charge is 0.384 e. The molecule has 0 saturated carbocycles. The average molecular weight is 221 g/mol. The maximum atomic E-state index is 10.7. The second-order valence-electron chi connectivity index (χ2n) is 4.21. The molecule has 1 rings (SSSR count). The Hall–Kier alpha value is -0.860. The Morgan fingerprint density at radius 3 is 2.06 bits per heavy atom. The van der Waals surface area contributed by atoms with E-state index in [9.17, 15) is 5.11 Å². The molecule has 0 radical (unpaired) electrons. The lowest BCUT2D eigenvalue weighted by Crippen LogP contribution is -2.40. The van der Waals surface area contributed by atoms with E-state index >= 15 is 0 Å². The van der Waals surface area contributed by atoms with Crippen LogP contribution in [0.4, 0.5) is 0 Å². The second-order valence-corrected chi connectivity index (χ2v) is 4.21. The normalized spacial score (nSPS) is 15.1. The molecule has 1 unspecified atom stereocenters. The van der Waals surface area contributed by atoms with Crippen molar-refractivity contribution >= 4 is 0 Å². The lowest BCUT2D eigenvalue weighted by atomic mass is 9.90. The molecule has 1 N–H and O–H groups in total. The third kappa shape index (κ3) is 3.06. The lowest BCUT2D eigenvalue weighted by molar-refractivity contribution is -0.00210. The number of benzene rings is 1. The quantitative estimate of drug-likeness (QED) is 0.798. The fraction of sp³-hybridized carbons (Fsp3) is 0.571. The van der Waals surface area contributed by atoms with Gasteiger partial charge in [-0.3, -0.25) is 0 Å². The minimum absolute atomic E-state index is 0.709. The summed E-state index contributed by atoms with van der Waals surface area (Å²) in [5.41, 5.74) is 0.303. The van der Waals surface area contributed by atoms with E-state index < -0.39 is 5.60 Å². The molecule has 0 aliphatic carbocycles. The van der Waals surface area contributed by atoms with E-state index in [4.69, 9.17) is 0 Å². The van der Waals surface area contributed by atoms with Gasteiger partial charge in [-0.05, 0) is 25.1 Å². The van der Waals surface area contributed by atoms with Gasteiger partial charge in [-0.15, -0.1) is 0 Å². The number of aliphatic hydroxyl groups is 1. The summed E-state index contributed by atoms with van der Waals surface area (Å²) in [6.07, 6.45) is 0.744. The summed E-state index contributed by atoms with van der Waals surface area (Å²) in [5, 5.41) is 10.7. The van der Waals surface area contributed by atoms with Crippen molar-refractivity contribution in [2.75, 3.05) is 19.6 Å². The Bertz CT molecular complexity index is 295. The van der Waals surface area contributed by atoms with Gasteiger partial charge in [0.15, 0.2) is 0 Å². The molecule has 0 fully saturated rings. The Labute approximate surface area is 98.9 Å². The van der Waals surface area contributed by atoms with Crippen LogP contribution in [0, 0.1) is 0 Å². The van der Waals surface area contributed by atoms with Gasteiger partial charge < -0.3 is 10.0 Å². The minimum Gasteiger partial charge on any atom is -0.384 e. The van der Waals surface area contributed by atoms with Gasteiger partial charge in [0.1, 0.15) is 5.60 Å². The van der Waals surface area contributed by atoms with Crippen LogP contribution in [0.2, 0.25) is 0 Å². The monoisotopic (exact) mass is 221 g/mol. The molecule has 1 aromatic rings. The third-order valence-electron chi connectivity index (χ3n) is 3.28. The van der Waals surface area contributed by atoms with Crippen LogP contribution >= 0.6 is 0 Å². The highest BCUT2D eigenvalue weighted by atomic mass is 16.3. The van der Waals surface area contributed by atoms with Gasteiger partial charge in [0.2, 0.25) is 0 Å². The Kier molecular flexibility index (Phi) is 4.97. The van der Waals surface area contributed by atoms with Gasteiger partial charge >= 0.3 is 0 Å². The van der Waals surface area contributed by atoms with E-state index in [-0.39, 0.29) is 0 Å². The summed E-state index contributed by atoms with van der Waals surface area (Å²) in [4.78, 5) is 2.26. The Morgan fingerprint density at radius 1 is 1.06 bits per heavy atom. The molecule has 0 aromatic heterocycles. The van der Waals surface area contributed by atoms with Gasteiger partial charge in [0.25, 0.3) is 0 Å². The van der Waals surface area contributed by atoms with E-state index in [1.165, 1.54) is 0 Å². The summed E-state index contributed by atoms with van der Waals surface area (Å²) >= 11 is 0. The minimum atomic E-state index is -0.715. The Balaban J connectivity index is 2.85. The van der Waals surface area contributed by atoms with Gasteiger partial charge in [-0.25, -0.2) is 0 Å². The highest BCUT2D eigenvalue weighted by molar-refractivity contribution is 5.22. The molecule has 1 atom stereocenters. The maximum Gasteiger partial charge on any atom is 0.102 e. The molecule has 0 saturated heterocycles. The van der Waals surface area contributed by atoms with Gasteiger partial charge in [-0.2, -0.15) is 0 Å². The van der Waals surface area contributed by atoms with Crippen molar-refractivity contribution in [2.45, 2.75) is 32.8 Å². The predicted octanol–water partition coefficient (Wildman–Crippen LogP) is 2.63. The van der Waals surface area contributed by atoms with E-state index in [0.717, 1.165) is 25.1 Å². The van der Waals surface area contributed by atoms with Crippen molar-refractivity contribution in [2.24, 2.45) is 0 Å². The van der Waals surface area contributed by atoms with Crippen LogP contribution in [0.15, 0.2) is 30.3 Å². The van der Waals surface area contributed by atoms with Crippen LogP contribution in [-0.4, -0.2) is 29.6 Å². The van der Waals surface area contributed by atoms with Crippen LogP contribution in [0.25, 0.3) is 0 Å². The molecular weight excluding hydrogens is 198 g/mol. The fourth-order valence-corrected chi connectivity index (χ4v) is 1.97. The first kappa shape index (κ1) is 13.2. The first-order valence-electron chi connectivity index (χ1n) is 6.16. The van der Waals surface area contributed by atoms with Gasteiger partial charge in [0, 0.05) is 6.54 Å². The summed E-state index contributed by atoms with van der Waals surface area (Å²) in [5.74, 6) is 0. The molecule has 0 aliphatic rings. The number of hydrogen-bond donors (Lipinski definition) is 1. The van der Waals surface area contributed by atoms with Crippen LogP contribution in [0.1, 0.15) is 32.8 Å². The molecule has 2 nitrogen and oxygen atoms in total. The van der Waals surface area contributed by atoms with E-state index in [0.29, 0.717) is 6.54 Å². The van der Waals surface area contributed by atoms with E-state index in [2.05, 4.69) is 18.7 Å². The molecule has 0 heterocycles. The number of hydrogen-bond acceptors (Lipinski definition) is 2. The van der Waals surface area contributed by atoms with E-state index in [1.807, 2.05) is 37.3 Å². The average Bonchev–Trinajstić information content (AvgIpc) is 2.36. The maximum absolute atomic E-state index is 10.7. The zero-order valence-corrected chi connectivity index (χ0v) is 10.6. The lowest BCUT2D eigenvalue weighted by Gasteiger charge is -2.33. The molecule has 2 heteroatoms. The van der Waals surface area contributed by atoms with Gasteiger partial charge in [-0.1, -0.05) is 51.1 Å². The number of likely N-dealkylation sites (N-methyl/N-ethyl adjacent to an activating group) is 1. The summed E-state index contributed by atoms with van der Waals surface area (Å²) in [6.45, 7) is 8.96. The number of rotatable bonds is 6. The fourth-order valence-electron chi connectivity index (χ4n) is 1.97. The summed E-state index contributed by atoms with van der Waals surface area (Å²) in [7, 11) is 0. The molecule has 0 aliphatic heterocycles. The first-order chi connectivity index (χ1) is 7.66. The summed E-state index contributed by atoms with van der Waals surface area (Å²) < 4.78 is 0. The molecule has 0 amide bonds. The molecule has 1 aromatic carbocycles. The second kappa shape index (κ2) is 6.02. The molecule has 16 heavy (non-hydrogen) atoms. The molecule has 0 spiro atoms. The van der Waals surface area contributed by atoms with Gasteiger partial charge in [0.05, 0.1) is 0 Å². The predicted molar refractivity (Wildman–Crippen MR) is 68.4 cm³/mol. The SMILES string of the molecule is CCN(CC)CC(O)(CC)c1ccccc1. The van der Waals surface area contributed by atoms with E-state index in [1.54, 1.807) is 0 Å². The zero-order chi connectivity index (χ0) is 12.0. The highest BCUT2D eigenvalue weighted by Gasteiger charge is 2.28. The van der Waals surface area contributed by atoms with Crippen LogP contribution in [0.5, 0.6) is 0 Å². The topological polar surface area (TPSA) is 23.5 Å². The molecule has 0 bridgehead atoms. The van der Waals surface area contributed by atoms with Crippen molar-refractivity contribution in [3.8, 4) is 0 Å². The molecule has 90 valence electrons. The smallest absolute Gasteiger partial charge is 0.102 e. The van der Waals surface area contributed by atoms with Crippen molar-refractivity contribution in [1.82, 2.24) is 4.90 Å². The summed E-state index contributed by atoms with van der Waals surface area (Å²) in [6, 6.07) is 9.97. The first-order valence-corrected chi connectivity index (χ1v) is 6.16. The van der Waals surface area contributed by atoms with Crippen LogP contribution in [0.3, 0.4) is 0 Å². The Morgan fingerprint density at radius 2 is 1.62 bits per heavy atom. The third-order valence-corrected chi connectivity index (χ3v) is 3.28. The highest BCUT2D eigenvalue weighted by Crippen LogP contribution is 2.25. The molecular formula is C14H23NO. The van der Waals surface area contributed by atoms with Crippen molar-refractivity contribution < 1.29 is 5.11 Å². The standard InChI is InChI=1S/C14H23NO/c1-4-14(16,12-15(5-2)6-3)13-10-8-7-9-11-13/h7-11,16H,4-6,12H2,1-3H3. The van der Waals surface area contributed by atoms with Crippen molar-refractivity contribution in [3.63, 3.8) is 0 Å². The van der Waals surface area contributed by atoms with Crippen LogP contribution in [-0.2, 0) is 5.60 Å². The van der Waals surface area contributed by atoms with Crippen molar-refractivity contribution in [3.05, 3.63) is 35.9 Å². The van der Waals surface area contributed by atoms with Crippen LogP contribution < -0.4 is 0 Å². The van der Waals surface area contributed by atoms with Crippen molar-refractivity contribution in [1.29, 1.82) is 0 Å².